The molecule has 0 bridgehead atoms. The summed E-state index contributed by atoms with van der Waals surface area (Å²) in [6.45, 7) is 0.316. The summed E-state index contributed by atoms with van der Waals surface area (Å²) in [5, 5.41) is 2.46. The minimum absolute atomic E-state index is 0.239. The van der Waals surface area contributed by atoms with Crippen LogP contribution in [0, 0.1) is 0 Å². The van der Waals surface area contributed by atoms with Crippen LogP contribution in [-0.2, 0) is 16.0 Å². The molecule has 0 fully saturated rings. The zero-order valence-electron chi connectivity index (χ0n) is 11.2. The van der Waals surface area contributed by atoms with E-state index in [1.165, 1.54) is 0 Å². The summed E-state index contributed by atoms with van der Waals surface area (Å²) in [5.41, 5.74) is 0.803. The SMILES string of the molecule is COc1cc(OC)c(CCNC(=O)C=O)c(OC)c1. The van der Waals surface area contributed by atoms with E-state index < -0.39 is 5.91 Å². The van der Waals surface area contributed by atoms with Crippen LogP contribution in [0.25, 0.3) is 0 Å². The molecular formula is C13H17NO5. The average molecular weight is 267 g/mol. The number of nitrogens with one attached hydrogen (secondary N) is 1. The Hall–Kier alpha value is -2.24. The van der Waals surface area contributed by atoms with Crippen LogP contribution in [0.15, 0.2) is 12.1 Å². The molecule has 0 radical (unpaired) electrons. The lowest BCUT2D eigenvalue weighted by atomic mass is 10.1. The molecule has 0 heterocycles. The van der Waals surface area contributed by atoms with Crippen LogP contribution in [0.2, 0.25) is 0 Å². The zero-order valence-corrected chi connectivity index (χ0v) is 11.2. The van der Waals surface area contributed by atoms with Crippen LogP contribution in [-0.4, -0.2) is 40.1 Å². The van der Waals surface area contributed by atoms with E-state index in [0.29, 0.717) is 30.2 Å². The van der Waals surface area contributed by atoms with Crippen molar-refractivity contribution in [2.75, 3.05) is 27.9 Å². The molecule has 1 N–H and O–H groups in total. The van der Waals surface area contributed by atoms with Gasteiger partial charge in [-0.05, 0) is 6.42 Å². The van der Waals surface area contributed by atoms with Gasteiger partial charge in [-0.25, -0.2) is 0 Å². The number of carbonyl (C=O) groups excluding carboxylic acids is 2. The number of aldehydes is 1. The largest absolute Gasteiger partial charge is 0.496 e. The van der Waals surface area contributed by atoms with Crippen LogP contribution < -0.4 is 19.5 Å². The van der Waals surface area contributed by atoms with Gasteiger partial charge in [-0.2, -0.15) is 0 Å². The minimum Gasteiger partial charge on any atom is -0.496 e. The Morgan fingerprint density at radius 2 is 1.74 bits per heavy atom. The van der Waals surface area contributed by atoms with Crippen LogP contribution in [0.1, 0.15) is 5.56 Å². The van der Waals surface area contributed by atoms with Gasteiger partial charge in [0.1, 0.15) is 17.2 Å². The first-order chi connectivity index (χ1) is 9.15. The molecule has 19 heavy (non-hydrogen) atoms. The topological polar surface area (TPSA) is 73.9 Å². The normalized spacial score (nSPS) is 9.63. The first-order valence-electron chi connectivity index (χ1n) is 5.68. The Kier molecular flexibility index (Phi) is 5.66. The molecule has 104 valence electrons. The Balaban J connectivity index is 2.90. The van der Waals surface area contributed by atoms with E-state index in [2.05, 4.69) is 5.32 Å². The molecule has 6 nitrogen and oxygen atoms in total. The molecule has 0 spiro atoms. The van der Waals surface area contributed by atoms with E-state index in [0.717, 1.165) is 5.56 Å². The summed E-state index contributed by atoms with van der Waals surface area (Å²) in [4.78, 5) is 21.0. The van der Waals surface area contributed by atoms with Gasteiger partial charge in [-0.3, -0.25) is 9.59 Å². The average Bonchev–Trinajstić information content (AvgIpc) is 2.46. The van der Waals surface area contributed by atoms with E-state index in [4.69, 9.17) is 14.2 Å². The molecule has 6 heteroatoms. The Morgan fingerprint density at radius 1 is 1.16 bits per heavy atom. The van der Waals surface area contributed by atoms with Crippen molar-refractivity contribution < 1.29 is 23.8 Å². The zero-order chi connectivity index (χ0) is 14.3. The van der Waals surface area contributed by atoms with Crippen LogP contribution in [0.3, 0.4) is 0 Å². The fourth-order valence-electron chi connectivity index (χ4n) is 1.68. The van der Waals surface area contributed by atoms with Crippen molar-refractivity contribution in [2.24, 2.45) is 0 Å². The highest BCUT2D eigenvalue weighted by atomic mass is 16.5. The van der Waals surface area contributed by atoms with Gasteiger partial charge in [0.25, 0.3) is 5.91 Å². The van der Waals surface area contributed by atoms with E-state index in [9.17, 15) is 9.59 Å². The summed E-state index contributed by atoms with van der Waals surface area (Å²) in [7, 11) is 4.64. The lowest BCUT2D eigenvalue weighted by molar-refractivity contribution is -0.131. The van der Waals surface area contributed by atoms with Crippen molar-refractivity contribution in [3.63, 3.8) is 0 Å². The summed E-state index contributed by atoms with van der Waals surface area (Å²) < 4.78 is 15.7. The van der Waals surface area contributed by atoms with Crippen LogP contribution in [0.4, 0.5) is 0 Å². The quantitative estimate of drug-likeness (QED) is 0.577. The van der Waals surface area contributed by atoms with Crippen molar-refractivity contribution in [2.45, 2.75) is 6.42 Å². The number of methoxy groups -OCH3 is 3. The fraction of sp³-hybridized carbons (Fsp3) is 0.385. The molecule has 0 unspecified atom stereocenters. The second-order valence-electron chi connectivity index (χ2n) is 3.67. The molecule has 0 aliphatic heterocycles. The second-order valence-corrected chi connectivity index (χ2v) is 3.67. The number of hydrogen-bond acceptors (Lipinski definition) is 5. The number of benzene rings is 1. The van der Waals surface area contributed by atoms with Crippen LogP contribution in [0.5, 0.6) is 17.2 Å². The van der Waals surface area contributed by atoms with Crippen molar-refractivity contribution in [3.8, 4) is 17.2 Å². The molecule has 0 aliphatic rings. The third-order valence-electron chi connectivity index (χ3n) is 2.60. The number of rotatable bonds is 7. The Bertz CT molecular complexity index is 433. The molecule has 0 atom stereocenters. The number of amides is 1. The van der Waals surface area contributed by atoms with E-state index in [1.807, 2.05) is 0 Å². The second kappa shape index (κ2) is 7.25. The van der Waals surface area contributed by atoms with Gasteiger partial charge in [0.2, 0.25) is 6.29 Å². The summed E-state index contributed by atoms with van der Waals surface area (Å²) in [6.07, 6.45) is 0.721. The maximum absolute atomic E-state index is 10.8. The van der Waals surface area contributed by atoms with Gasteiger partial charge < -0.3 is 19.5 Å². The van der Waals surface area contributed by atoms with Gasteiger partial charge in [-0.15, -0.1) is 0 Å². The third-order valence-corrected chi connectivity index (χ3v) is 2.60. The first-order valence-corrected chi connectivity index (χ1v) is 5.68. The molecule has 1 rings (SSSR count). The summed E-state index contributed by atoms with van der Waals surface area (Å²) >= 11 is 0. The molecule has 1 aromatic rings. The van der Waals surface area contributed by atoms with Crippen molar-refractivity contribution >= 4 is 12.2 Å². The van der Waals surface area contributed by atoms with Crippen molar-refractivity contribution in [1.29, 1.82) is 0 Å². The van der Waals surface area contributed by atoms with E-state index in [1.54, 1.807) is 33.5 Å². The highest BCUT2D eigenvalue weighted by molar-refractivity contribution is 6.23. The number of carbonyl (C=O) groups is 2. The van der Waals surface area contributed by atoms with Gasteiger partial charge in [-0.1, -0.05) is 0 Å². The monoisotopic (exact) mass is 267 g/mol. The molecule has 0 aliphatic carbocycles. The lowest BCUT2D eigenvalue weighted by Gasteiger charge is -2.15. The first kappa shape index (κ1) is 14.8. The smallest absolute Gasteiger partial charge is 0.284 e. The van der Waals surface area contributed by atoms with Gasteiger partial charge in [0.05, 0.1) is 21.3 Å². The van der Waals surface area contributed by atoms with Gasteiger partial charge in [0.15, 0.2) is 0 Å². The van der Waals surface area contributed by atoms with Gasteiger partial charge >= 0.3 is 0 Å². The summed E-state index contributed by atoms with van der Waals surface area (Å²) in [6, 6.07) is 3.47. The predicted molar refractivity (Wildman–Crippen MR) is 68.9 cm³/mol. The molecule has 1 amide bonds. The van der Waals surface area contributed by atoms with Crippen LogP contribution >= 0.6 is 0 Å². The molecular weight excluding hydrogens is 250 g/mol. The van der Waals surface area contributed by atoms with Gasteiger partial charge in [0, 0.05) is 24.2 Å². The highest BCUT2D eigenvalue weighted by Crippen LogP contribution is 2.34. The maximum Gasteiger partial charge on any atom is 0.284 e. The number of ether oxygens (including phenoxy) is 3. The lowest BCUT2D eigenvalue weighted by Crippen LogP contribution is -2.26. The molecule has 0 aromatic heterocycles. The molecule has 1 aromatic carbocycles. The molecule has 0 saturated carbocycles. The van der Waals surface area contributed by atoms with E-state index in [-0.39, 0.29) is 6.29 Å². The van der Waals surface area contributed by atoms with Crippen molar-refractivity contribution in [3.05, 3.63) is 17.7 Å². The van der Waals surface area contributed by atoms with E-state index >= 15 is 0 Å². The minimum atomic E-state index is -0.647. The third kappa shape index (κ3) is 3.87. The predicted octanol–water partition coefficient (Wildman–Crippen LogP) is 0.570. The Morgan fingerprint density at radius 3 is 2.16 bits per heavy atom. The summed E-state index contributed by atoms with van der Waals surface area (Å²) in [5.74, 6) is 1.19. The fourth-order valence-corrected chi connectivity index (χ4v) is 1.68. The molecule has 0 saturated heterocycles. The van der Waals surface area contributed by atoms with Crippen molar-refractivity contribution in [1.82, 2.24) is 5.32 Å². The number of hydrogen-bond donors (Lipinski definition) is 1. The standard InChI is InChI=1S/C13H17NO5/c1-17-9-6-11(18-2)10(12(7-9)19-3)4-5-14-13(16)8-15/h6-8H,4-5H2,1-3H3,(H,14,16). The highest BCUT2D eigenvalue weighted by Gasteiger charge is 2.13. The maximum atomic E-state index is 10.8. The Labute approximate surface area is 111 Å².